The van der Waals surface area contributed by atoms with Gasteiger partial charge >= 0.3 is 18.9 Å². The second kappa shape index (κ2) is 4.72. The number of aliphatic hydroxyl groups excluding tert-OH is 1. The number of hydrogen-bond donors (Lipinski definition) is 1. The summed E-state index contributed by atoms with van der Waals surface area (Å²) >= 11 is 0. The molecule has 0 amide bonds. The van der Waals surface area contributed by atoms with E-state index in [1.807, 2.05) is 38.1 Å². The van der Waals surface area contributed by atoms with E-state index in [0.717, 1.165) is 5.56 Å². The molecule has 0 aliphatic heterocycles. The SMILES string of the molecule is CC(C)(CO)c1c[c-]ccc1.[Li+]. The van der Waals surface area contributed by atoms with Crippen molar-refractivity contribution in [1.82, 2.24) is 0 Å². The zero-order valence-electron chi connectivity index (χ0n) is 7.96. The average molecular weight is 156 g/mol. The summed E-state index contributed by atoms with van der Waals surface area (Å²) in [5.41, 5.74) is 0.986. The molecule has 0 aliphatic rings. The predicted molar refractivity (Wildman–Crippen MR) is 45.4 cm³/mol. The molecule has 0 saturated heterocycles. The molecule has 0 aliphatic carbocycles. The van der Waals surface area contributed by atoms with E-state index >= 15 is 0 Å². The van der Waals surface area contributed by atoms with Crippen LogP contribution in [-0.2, 0) is 5.41 Å². The van der Waals surface area contributed by atoms with Crippen LogP contribution < -0.4 is 18.9 Å². The first-order chi connectivity index (χ1) is 5.17. The monoisotopic (exact) mass is 156 g/mol. The van der Waals surface area contributed by atoms with Crippen molar-refractivity contribution in [3.05, 3.63) is 35.9 Å². The van der Waals surface area contributed by atoms with Crippen LogP contribution in [0.25, 0.3) is 0 Å². The van der Waals surface area contributed by atoms with Crippen molar-refractivity contribution in [2.75, 3.05) is 6.61 Å². The molecule has 1 N–H and O–H groups in total. The quantitative estimate of drug-likeness (QED) is 0.419. The fourth-order valence-corrected chi connectivity index (χ4v) is 0.906. The van der Waals surface area contributed by atoms with Crippen LogP contribution in [0.5, 0.6) is 0 Å². The van der Waals surface area contributed by atoms with Gasteiger partial charge in [0.2, 0.25) is 0 Å². The van der Waals surface area contributed by atoms with E-state index in [9.17, 15) is 0 Å². The van der Waals surface area contributed by atoms with E-state index in [-0.39, 0.29) is 30.9 Å². The Kier molecular flexibility index (Phi) is 4.63. The van der Waals surface area contributed by atoms with Crippen molar-refractivity contribution in [3.63, 3.8) is 0 Å². The first-order valence-electron chi connectivity index (χ1n) is 3.74. The Hall–Kier alpha value is -0.223. The minimum absolute atomic E-state index is 0. The summed E-state index contributed by atoms with van der Waals surface area (Å²) in [5.74, 6) is 0. The Morgan fingerprint density at radius 3 is 2.58 bits per heavy atom. The normalized spacial score (nSPS) is 10.6. The predicted octanol–water partition coefficient (Wildman–Crippen LogP) is -1.24. The fourth-order valence-electron chi connectivity index (χ4n) is 0.906. The molecule has 0 atom stereocenters. The van der Waals surface area contributed by atoms with Gasteiger partial charge in [-0.2, -0.15) is 30.3 Å². The molecule has 0 bridgehead atoms. The molecule has 0 heterocycles. The van der Waals surface area contributed by atoms with Crippen molar-refractivity contribution in [1.29, 1.82) is 0 Å². The summed E-state index contributed by atoms with van der Waals surface area (Å²) in [6.45, 7) is 4.19. The molecule has 0 saturated carbocycles. The maximum atomic E-state index is 9.03. The third-order valence-corrected chi connectivity index (χ3v) is 1.88. The molecule has 0 fully saturated rings. The molecular formula is C10H13LiO. The third-order valence-electron chi connectivity index (χ3n) is 1.88. The van der Waals surface area contributed by atoms with E-state index in [4.69, 9.17) is 5.11 Å². The number of hydrogen-bond acceptors (Lipinski definition) is 1. The van der Waals surface area contributed by atoms with Gasteiger partial charge in [0.25, 0.3) is 0 Å². The van der Waals surface area contributed by atoms with Gasteiger partial charge in [-0.25, -0.2) is 0 Å². The molecule has 0 radical (unpaired) electrons. The van der Waals surface area contributed by atoms with Crippen LogP contribution in [-0.4, -0.2) is 11.7 Å². The van der Waals surface area contributed by atoms with Gasteiger partial charge in [0.15, 0.2) is 0 Å². The zero-order chi connectivity index (χ0) is 8.32. The van der Waals surface area contributed by atoms with Crippen molar-refractivity contribution < 1.29 is 24.0 Å². The van der Waals surface area contributed by atoms with E-state index < -0.39 is 0 Å². The minimum Gasteiger partial charge on any atom is -0.397 e. The Morgan fingerprint density at radius 2 is 2.17 bits per heavy atom. The van der Waals surface area contributed by atoms with Gasteiger partial charge in [-0.3, -0.25) is 0 Å². The van der Waals surface area contributed by atoms with Gasteiger partial charge in [-0.1, -0.05) is 13.8 Å². The Balaban J connectivity index is 0.00000121. The number of benzene rings is 1. The summed E-state index contributed by atoms with van der Waals surface area (Å²) in [7, 11) is 0. The molecule has 0 spiro atoms. The van der Waals surface area contributed by atoms with Crippen LogP contribution in [0.4, 0.5) is 0 Å². The van der Waals surface area contributed by atoms with Crippen molar-refractivity contribution in [2.45, 2.75) is 19.3 Å². The van der Waals surface area contributed by atoms with Crippen LogP contribution in [0.3, 0.4) is 0 Å². The molecule has 1 nitrogen and oxygen atoms in total. The van der Waals surface area contributed by atoms with Crippen molar-refractivity contribution in [3.8, 4) is 0 Å². The Bertz CT molecular complexity index is 219. The first kappa shape index (κ1) is 11.8. The summed E-state index contributed by atoms with van der Waals surface area (Å²) < 4.78 is 0. The molecule has 12 heavy (non-hydrogen) atoms. The summed E-state index contributed by atoms with van der Waals surface area (Å²) in [6, 6.07) is 10.7. The largest absolute Gasteiger partial charge is 1.00 e. The average Bonchev–Trinajstić information content (AvgIpc) is 2.06. The van der Waals surface area contributed by atoms with Gasteiger partial charge in [-0.15, -0.1) is 5.56 Å². The Morgan fingerprint density at radius 1 is 1.50 bits per heavy atom. The van der Waals surface area contributed by atoms with Crippen LogP contribution in [0, 0.1) is 6.07 Å². The molecule has 2 heteroatoms. The molecule has 1 aromatic carbocycles. The van der Waals surface area contributed by atoms with Crippen LogP contribution in [0.2, 0.25) is 0 Å². The fraction of sp³-hybridized carbons (Fsp3) is 0.400. The molecule has 60 valence electrons. The number of rotatable bonds is 2. The molecular weight excluding hydrogens is 143 g/mol. The van der Waals surface area contributed by atoms with Gasteiger partial charge < -0.3 is 5.11 Å². The van der Waals surface area contributed by atoms with Gasteiger partial charge in [-0.05, 0) is 5.41 Å². The van der Waals surface area contributed by atoms with Crippen LogP contribution in [0.15, 0.2) is 24.3 Å². The molecule has 0 unspecified atom stereocenters. The standard InChI is InChI=1S/C10H13O.Li/c1-10(2,8-11)9-6-4-3-5-7-9;/h3-4,6-7,11H,8H2,1-2H3;/q-1;+1. The smallest absolute Gasteiger partial charge is 0.397 e. The molecule has 1 aromatic rings. The summed E-state index contributed by atoms with van der Waals surface area (Å²) in [5, 5.41) is 9.03. The topological polar surface area (TPSA) is 20.2 Å². The van der Waals surface area contributed by atoms with Crippen molar-refractivity contribution >= 4 is 0 Å². The maximum absolute atomic E-state index is 9.03. The van der Waals surface area contributed by atoms with Gasteiger partial charge in [0.1, 0.15) is 0 Å². The van der Waals surface area contributed by atoms with Crippen LogP contribution >= 0.6 is 0 Å². The third kappa shape index (κ3) is 2.68. The van der Waals surface area contributed by atoms with Gasteiger partial charge in [0, 0.05) is 6.61 Å². The van der Waals surface area contributed by atoms with Crippen molar-refractivity contribution in [2.24, 2.45) is 0 Å². The molecule has 0 aromatic heterocycles. The van der Waals surface area contributed by atoms with E-state index in [0.29, 0.717) is 0 Å². The summed E-state index contributed by atoms with van der Waals surface area (Å²) in [6.07, 6.45) is 0. The zero-order valence-corrected chi connectivity index (χ0v) is 7.96. The van der Waals surface area contributed by atoms with E-state index in [1.54, 1.807) is 0 Å². The summed E-state index contributed by atoms with van der Waals surface area (Å²) in [4.78, 5) is 0. The van der Waals surface area contributed by atoms with Gasteiger partial charge in [0.05, 0.1) is 0 Å². The van der Waals surface area contributed by atoms with E-state index in [1.165, 1.54) is 0 Å². The second-order valence-electron chi connectivity index (χ2n) is 3.33. The number of aliphatic hydroxyl groups is 1. The van der Waals surface area contributed by atoms with E-state index in [2.05, 4.69) is 6.07 Å². The molecule has 1 rings (SSSR count). The Labute approximate surface area is 86.0 Å². The second-order valence-corrected chi connectivity index (χ2v) is 3.33. The maximum Gasteiger partial charge on any atom is 1.00 e. The van der Waals surface area contributed by atoms with Crippen LogP contribution in [0.1, 0.15) is 19.4 Å². The minimum atomic E-state index is -0.141. The first-order valence-corrected chi connectivity index (χ1v) is 3.74.